The summed E-state index contributed by atoms with van der Waals surface area (Å²) >= 11 is 0. The molecule has 3 rings (SSSR count). The van der Waals surface area contributed by atoms with E-state index in [9.17, 15) is 9.59 Å². The first-order chi connectivity index (χ1) is 17.0. The summed E-state index contributed by atoms with van der Waals surface area (Å²) in [6.07, 6.45) is 2.85. The monoisotopic (exact) mass is 484 g/mol. The van der Waals surface area contributed by atoms with E-state index in [1.54, 1.807) is 24.1 Å². The van der Waals surface area contributed by atoms with E-state index in [1.807, 2.05) is 44.2 Å². The highest BCUT2D eigenvalue weighted by molar-refractivity contribution is 5.80. The molecule has 1 aliphatic rings. The van der Waals surface area contributed by atoms with Gasteiger partial charge in [0.2, 0.25) is 5.91 Å². The van der Waals surface area contributed by atoms with Crippen molar-refractivity contribution in [3.8, 4) is 23.0 Å². The predicted octanol–water partition coefficient (Wildman–Crippen LogP) is 3.61. The molecule has 0 aromatic heterocycles. The Kier molecular flexibility index (Phi) is 10.1. The molecule has 8 nitrogen and oxygen atoms in total. The number of nitrogens with zero attached hydrogens (tertiary/aromatic N) is 1. The Hall–Kier alpha value is -3.42. The van der Waals surface area contributed by atoms with Crippen molar-refractivity contribution in [2.45, 2.75) is 45.6 Å². The molecule has 0 spiro atoms. The number of ether oxygens (including phenoxy) is 4. The Morgan fingerprint density at radius 1 is 0.943 bits per heavy atom. The first-order valence-corrected chi connectivity index (χ1v) is 12.3. The molecular formula is C27H36N2O6. The van der Waals surface area contributed by atoms with E-state index in [2.05, 4.69) is 5.32 Å². The van der Waals surface area contributed by atoms with Crippen molar-refractivity contribution >= 4 is 11.8 Å². The fourth-order valence-electron chi connectivity index (χ4n) is 3.77. The van der Waals surface area contributed by atoms with Gasteiger partial charge < -0.3 is 29.2 Å². The molecule has 0 unspecified atom stereocenters. The Bertz CT molecular complexity index is 976. The van der Waals surface area contributed by atoms with E-state index in [0.717, 1.165) is 24.2 Å². The minimum absolute atomic E-state index is 0.0786. The number of para-hydroxylation sites is 2. The van der Waals surface area contributed by atoms with E-state index >= 15 is 0 Å². The van der Waals surface area contributed by atoms with Crippen LogP contribution in [0.5, 0.6) is 23.0 Å². The zero-order valence-electron chi connectivity index (χ0n) is 20.9. The third-order valence-corrected chi connectivity index (χ3v) is 5.65. The number of nitrogens with one attached hydrogen (secondary N) is 1. The maximum Gasteiger partial charge on any atom is 0.260 e. The van der Waals surface area contributed by atoms with E-state index in [0.29, 0.717) is 50.0 Å². The highest BCUT2D eigenvalue weighted by atomic mass is 16.5. The summed E-state index contributed by atoms with van der Waals surface area (Å²) in [5.74, 6) is 2.35. The van der Waals surface area contributed by atoms with Crippen LogP contribution in [0.1, 0.15) is 38.7 Å². The van der Waals surface area contributed by atoms with Crippen molar-refractivity contribution in [3.05, 3.63) is 48.0 Å². The van der Waals surface area contributed by atoms with Crippen LogP contribution in [-0.2, 0) is 16.0 Å². The van der Waals surface area contributed by atoms with E-state index < -0.39 is 0 Å². The molecular weight excluding hydrogens is 448 g/mol. The van der Waals surface area contributed by atoms with E-state index in [-0.39, 0.29) is 30.9 Å². The maximum atomic E-state index is 12.8. The van der Waals surface area contributed by atoms with Crippen LogP contribution >= 0.6 is 0 Å². The lowest BCUT2D eigenvalue weighted by atomic mass is 10.1. The molecule has 35 heavy (non-hydrogen) atoms. The second-order valence-electron chi connectivity index (χ2n) is 8.25. The van der Waals surface area contributed by atoms with Crippen LogP contribution in [-0.4, -0.2) is 62.8 Å². The maximum absolute atomic E-state index is 12.8. The number of carbonyl (C=O) groups excluding carboxylic acids is 2. The summed E-state index contributed by atoms with van der Waals surface area (Å²) in [5.41, 5.74) is 1.06. The van der Waals surface area contributed by atoms with Gasteiger partial charge in [0, 0.05) is 25.6 Å². The highest BCUT2D eigenvalue weighted by Crippen LogP contribution is 2.30. The quantitative estimate of drug-likeness (QED) is 0.416. The minimum Gasteiger partial charge on any atom is -0.493 e. The van der Waals surface area contributed by atoms with Crippen molar-refractivity contribution in [3.63, 3.8) is 0 Å². The van der Waals surface area contributed by atoms with Crippen LogP contribution in [0.15, 0.2) is 42.5 Å². The first-order valence-electron chi connectivity index (χ1n) is 12.3. The summed E-state index contributed by atoms with van der Waals surface area (Å²) in [7, 11) is 1.56. The Labute approximate surface area is 207 Å². The fraction of sp³-hybridized carbons (Fsp3) is 0.481. The van der Waals surface area contributed by atoms with Crippen molar-refractivity contribution in [2.75, 3.05) is 40.0 Å². The topological polar surface area (TPSA) is 86.3 Å². The average Bonchev–Trinajstić information content (AvgIpc) is 3.70. The van der Waals surface area contributed by atoms with Crippen molar-refractivity contribution in [2.24, 2.45) is 0 Å². The average molecular weight is 485 g/mol. The molecule has 0 bridgehead atoms. The molecule has 1 N–H and O–H groups in total. The number of amides is 2. The number of benzene rings is 2. The minimum atomic E-state index is -0.121. The number of hydrogen-bond acceptors (Lipinski definition) is 6. The Morgan fingerprint density at radius 2 is 1.63 bits per heavy atom. The van der Waals surface area contributed by atoms with Gasteiger partial charge in [0.05, 0.1) is 20.3 Å². The van der Waals surface area contributed by atoms with Crippen molar-refractivity contribution < 1.29 is 28.5 Å². The van der Waals surface area contributed by atoms with Crippen LogP contribution in [0.2, 0.25) is 0 Å². The van der Waals surface area contributed by atoms with Crippen LogP contribution in [0, 0.1) is 0 Å². The molecule has 0 saturated heterocycles. The highest BCUT2D eigenvalue weighted by Gasteiger charge is 2.32. The van der Waals surface area contributed by atoms with Crippen LogP contribution in [0.4, 0.5) is 0 Å². The molecule has 190 valence electrons. The second-order valence-corrected chi connectivity index (χ2v) is 8.25. The summed E-state index contributed by atoms with van der Waals surface area (Å²) in [5, 5.41) is 2.95. The molecule has 0 heterocycles. The van der Waals surface area contributed by atoms with Crippen molar-refractivity contribution in [1.29, 1.82) is 0 Å². The molecule has 2 aromatic rings. The summed E-state index contributed by atoms with van der Waals surface area (Å²) in [6, 6.07) is 13.3. The third-order valence-electron chi connectivity index (χ3n) is 5.65. The van der Waals surface area contributed by atoms with Gasteiger partial charge in [-0.15, -0.1) is 0 Å². The normalized spacial score (nSPS) is 12.5. The lowest BCUT2D eigenvalue weighted by molar-refractivity contribution is -0.134. The predicted molar refractivity (Wildman–Crippen MR) is 133 cm³/mol. The van der Waals surface area contributed by atoms with Gasteiger partial charge in [-0.3, -0.25) is 9.59 Å². The Balaban J connectivity index is 1.43. The lowest BCUT2D eigenvalue weighted by Crippen LogP contribution is -2.39. The smallest absolute Gasteiger partial charge is 0.260 e. The van der Waals surface area contributed by atoms with Gasteiger partial charge in [0.1, 0.15) is 0 Å². The fourth-order valence-corrected chi connectivity index (χ4v) is 3.77. The van der Waals surface area contributed by atoms with E-state index in [1.165, 1.54) is 0 Å². The third kappa shape index (κ3) is 8.09. The SMILES string of the molecule is CCOc1ccc(CCNC(=O)CCN(C(=O)COc2ccccc2OC)C2CC2)cc1OCC. The number of methoxy groups -OCH3 is 1. The zero-order chi connectivity index (χ0) is 25.0. The lowest BCUT2D eigenvalue weighted by Gasteiger charge is -2.22. The van der Waals surface area contributed by atoms with Gasteiger partial charge in [-0.1, -0.05) is 18.2 Å². The number of carbonyl (C=O) groups is 2. The molecule has 8 heteroatoms. The summed E-state index contributed by atoms with van der Waals surface area (Å²) < 4.78 is 22.2. The van der Waals surface area contributed by atoms with Crippen LogP contribution in [0.3, 0.4) is 0 Å². The van der Waals surface area contributed by atoms with Crippen molar-refractivity contribution in [1.82, 2.24) is 10.2 Å². The number of hydrogen-bond donors (Lipinski definition) is 1. The second kappa shape index (κ2) is 13.5. The van der Waals surface area contributed by atoms with Gasteiger partial charge in [0.15, 0.2) is 29.6 Å². The molecule has 1 fully saturated rings. The zero-order valence-corrected chi connectivity index (χ0v) is 20.9. The van der Waals surface area contributed by atoms with E-state index in [4.69, 9.17) is 18.9 Å². The largest absolute Gasteiger partial charge is 0.493 e. The summed E-state index contributed by atoms with van der Waals surface area (Å²) in [6.45, 7) is 5.80. The van der Waals surface area contributed by atoms with Crippen LogP contribution in [0.25, 0.3) is 0 Å². The Morgan fingerprint density at radius 3 is 2.31 bits per heavy atom. The molecule has 1 aliphatic carbocycles. The first kappa shape index (κ1) is 26.2. The molecule has 1 saturated carbocycles. The standard InChI is InChI=1S/C27H36N2O6/c1-4-33-24-13-10-20(18-25(24)34-5-2)14-16-28-26(30)15-17-29(21-11-12-21)27(31)19-35-23-9-7-6-8-22(23)32-3/h6-10,13,18,21H,4-5,11-12,14-17,19H2,1-3H3,(H,28,30). The molecule has 2 aromatic carbocycles. The molecule has 2 amide bonds. The molecule has 0 radical (unpaired) electrons. The van der Waals surface area contributed by atoms with Gasteiger partial charge in [0.25, 0.3) is 5.91 Å². The molecule has 0 aliphatic heterocycles. The van der Waals surface area contributed by atoms with Gasteiger partial charge in [-0.05, 0) is 62.9 Å². The number of rotatable bonds is 15. The molecule has 0 atom stereocenters. The summed E-state index contributed by atoms with van der Waals surface area (Å²) in [4.78, 5) is 27.0. The van der Waals surface area contributed by atoms with Crippen LogP contribution < -0.4 is 24.3 Å². The van der Waals surface area contributed by atoms with Gasteiger partial charge >= 0.3 is 0 Å². The van der Waals surface area contributed by atoms with Gasteiger partial charge in [-0.2, -0.15) is 0 Å². The van der Waals surface area contributed by atoms with Gasteiger partial charge in [-0.25, -0.2) is 0 Å².